The van der Waals surface area contributed by atoms with Crippen molar-refractivity contribution in [3.05, 3.63) is 58.6 Å². The summed E-state index contributed by atoms with van der Waals surface area (Å²) in [6.45, 7) is -0.559. The van der Waals surface area contributed by atoms with Crippen LogP contribution >= 0.6 is 11.6 Å². The molecule has 1 unspecified atom stereocenters. The number of hydrogen-bond acceptors (Lipinski definition) is 6. The number of hydrogen-bond donors (Lipinski definition) is 2. The number of benzene rings is 2. The molecule has 1 amide bonds. The van der Waals surface area contributed by atoms with Crippen molar-refractivity contribution in [2.45, 2.75) is 22.9 Å². The fourth-order valence-corrected chi connectivity index (χ4v) is 4.32. The molecule has 3 aromatic rings. The summed E-state index contributed by atoms with van der Waals surface area (Å²) in [6.07, 6.45) is -0.0561. The normalized spacial score (nSPS) is 13.2. The number of sulfonamides is 1. The number of rotatable bonds is 9. The molecular weight excluding hydrogens is 507 g/mol. The number of halogens is 4. The number of fused-ring (bicyclic) bond motifs is 1. The lowest BCUT2D eigenvalue weighted by atomic mass is 10.2. The lowest BCUT2D eigenvalue weighted by molar-refractivity contribution is -0.0447. The average molecular weight is 524 g/mol. The van der Waals surface area contributed by atoms with Crippen molar-refractivity contribution in [1.82, 2.24) is 15.0 Å². The van der Waals surface area contributed by atoms with Crippen LogP contribution in [0.4, 0.5) is 13.2 Å². The fourth-order valence-electron chi connectivity index (χ4n) is 2.62. The van der Waals surface area contributed by atoms with E-state index in [2.05, 4.69) is 10.3 Å². The quantitative estimate of drug-likeness (QED) is 0.327. The molecule has 8 nitrogen and oxygen atoms in total. The summed E-state index contributed by atoms with van der Waals surface area (Å²) in [5.41, 5.74) is -3.80. The Labute approximate surface area is 194 Å². The SMILES string of the molecule is O=C(NCCCNS(=O)(=O)C(F)(F)F)c1ccc2nc([S+]([O-])Cc3ccc(Cl)cc3)oc2c1. The average Bonchev–Trinajstić information content (AvgIpc) is 3.17. The van der Waals surface area contributed by atoms with Crippen LogP contribution in [0.5, 0.6) is 0 Å². The molecule has 0 aliphatic heterocycles. The van der Waals surface area contributed by atoms with Crippen LogP contribution in [0.2, 0.25) is 5.02 Å². The number of oxazole rings is 1. The van der Waals surface area contributed by atoms with Crippen molar-refractivity contribution in [1.29, 1.82) is 0 Å². The molecule has 0 aliphatic rings. The third kappa shape index (κ3) is 6.60. The third-order valence-electron chi connectivity index (χ3n) is 4.27. The zero-order valence-electron chi connectivity index (χ0n) is 16.7. The summed E-state index contributed by atoms with van der Waals surface area (Å²) in [7, 11) is -5.41. The van der Waals surface area contributed by atoms with E-state index in [0.717, 1.165) is 5.56 Å². The molecule has 1 atom stereocenters. The van der Waals surface area contributed by atoms with Crippen molar-refractivity contribution in [3.63, 3.8) is 0 Å². The largest absolute Gasteiger partial charge is 0.607 e. The first kappa shape index (κ1) is 25.3. The second-order valence-electron chi connectivity index (χ2n) is 6.73. The number of nitrogens with one attached hydrogen (secondary N) is 2. The van der Waals surface area contributed by atoms with Gasteiger partial charge in [-0.1, -0.05) is 23.7 Å². The predicted octanol–water partition coefficient (Wildman–Crippen LogP) is 3.35. The minimum absolute atomic E-state index is 0.00513. The van der Waals surface area contributed by atoms with Gasteiger partial charge in [0.15, 0.2) is 5.58 Å². The Balaban J connectivity index is 1.56. The molecule has 0 saturated carbocycles. The van der Waals surface area contributed by atoms with Gasteiger partial charge in [-0.25, -0.2) is 13.1 Å². The van der Waals surface area contributed by atoms with Crippen LogP contribution in [0.3, 0.4) is 0 Å². The summed E-state index contributed by atoms with van der Waals surface area (Å²) >= 11 is 4.26. The number of aromatic nitrogens is 1. The molecule has 0 radical (unpaired) electrons. The monoisotopic (exact) mass is 523 g/mol. The van der Waals surface area contributed by atoms with Crippen LogP contribution < -0.4 is 10.0 Å². The highest BCUT2D eigenvalue weighted by atomic mass is 35.5. The number of amides is 1. The molecule has 0 fully saturated rings. The van der Waals surface area contributed by atoms with E-state index in [1.54, 1.807) is 24.3 Å². The van der Waals surface area contributed by atoms with Gasteiger partial charge < -0.3 is 14.3 Å². The van der Waals surface area contributed by atoms with Gasteiger partial charge in [0.2, 0.25) is 0 Å². The zero-order valence-corrected chi connectivity index (χ0v) is 19.1. The van der Waals surface area contributed by atoms with E-state index in [-0.39, 0.29) is 35.1 Å². The smallest absolute Gasteiger partial charge is 0.511 e. The maximum absolute atomic E-state index is 12.5. The number of carbonyl (C=O) groups is 1. The van der Waals surface area contributed by atoms with Crippen molar-refractivity contribution < 1.29 is 35.4 Å². The van der Waals surface area contributed by atoms with Crippen molar-refractivity contribution >= 4 is 49.8 Å². The first-order valence-electron chi connectivity index (χ1n) is 9.34. The highest BCUT2D eigenvalue weighted by molar-refractivity contribution is 7.90. The second kappa shape index (κ2) is 10.3. The maximum atomic E-state index is 12.5. The van der Waals surface area contributed by atoms with E-state index in [1.807, 2.05) is 0 Å². The highest BCUT2D eigenvalue weighted by Gasteiger charge is 2.45. The van der Waals surface area contributed by atoms with Gasteiger partial charge in [0.05, 0.1) is 11.2 Å². The van der Waals surface area contributed by atoms with E-state index in [4.69, 9.17) is 16.0 Å². The van der Waals surface area contributed by atoms with E-state index in [1.165, 1.54) is 22.9 Å². The Bertz CT molecular complexity index is 1230. The van der Waals surface area contributed by atoms with Crippen LogP contribution in [0, 0.1) is 0 Å². The minimum Gasteiger partial charge on any atom is -0.607 e. The van der Waals surface area contributed by atoms with Crippen molar-refractivity contribution in [2.75, 3.05) is 13.1 Å². The molecule has 0 aliphatic carbocycles. The van der Waals surface area contributed by atoms with Gasteiger partial charge in [-0.2, -0.15) is 18.2 Å². The summed E-state index contributed by atoms with van der Waals surface area (Å²) in [6, 6.07) is 11.2. The van der Waals surface area contributed by atoms with E-state index >= 15 is 0 Å². The van der Waals surface area contributed by atoms with Crippen LogP contribution in [-0.2, 0) is 27.0 Å². The van der Waals surface area contributed by atoms with Gasteiger partial charge in [-0.05, 0) is 36.8 Å². The molecule has 2 N–H and O–H groups in total. The first-order valence-corrected chi connectivity index (χ1v) is 12.5. The van der Waals surface area contributed by atoms with Gasteiger partial charge in [-0.15, -0.1) is 0 Å². The van der Waals surface area contributed by atoms with Gasteiger partial charge >= 0.3 is 20.8 Å². The molecular formula is C19H17ClF3N3O5S2. The molecule has 178 valence electrons. The molecule has 2 aromatic carbocycles. The van der Waals surface area contributed by atoms with Gasteiger partial charge in [-0.3, -0.25) is 4.79 Å². The van der Waals surface area contributed by atoms with Crippen LogP contribution in [0.1, 0.15) is 22.3 Å². The summed E-state index contributed by atoms with van der Waals surface area (Å²) in [5, 5.41) is 3.02. The third-order valence-corrected chi connectivity index (χ3v) is 6.88. The van der Waals surface area contributed by atoms with Gasteiger partial charge in [0.1, 0.15) is 11.3 Å². The summed E-state index contributed by atoms with van der Waals surface area (Å²) in [5.74, 6) is -0.383. The Hall–Kier alpha value is -2.32. The Morgan fingerprint density at radius 3 is 2.52 bits per heavy atom. The minimum atomic E-state index is -5.41. The van der Waals surface area contributed by atoms with Crippen LogP contribution in [0.25, 0.3) is 11.1 Å². The lowest BCUT2D eigenvalue weighted by Gasteiger charge is -2.09. The van der Waals surface area contributed by atoms with E-state index in [9.17, 15) is 30.9 Å². The van der Waals surface area contributed by atoms with Crippen molar-refractivity contribution in [2.24, 2.45) is 0 Å². The lowest BCUT2D eigenvalue weighted by Crippen LogP contribution is -2.38. The van der Waals surface area contributed by atoms with Crippen molar-refractivity contribution in [3.8, 4) is 0 Å². The highest BCUT2D eigenvalue weighted by Crippen LogP contribution is 2.24. The molecule has 0 saturated heterocycles. The topological polar surface area (TPSA) is 124 Å². The molecule has 1 aromatic heterocycles. The zero-order chi connectivity index (χ0) is 24.2. The van der Waals surface area contributed by atoms with Crippen LogP contribution in [-0.4, -0.2) is 42.5 Å². The molecule has 3 rings (SSSR count). The summed E-state index contributed by atoms with van der Waals surface area (Å²) in [4.78, 5) is 16.4. The molecule has 33 heavy (non-hydrogen) atoms. The Kier molecular flexibility index (Phi) is 7.90. The first-order chi connectivity index (χ1) is 15.5. The molecule has 0 spiro atoms. The fraction of sp³-hybridized carbons (Fsp3) is 0.263. The van der Waals surface area contributed by atoms with Gasteiger partial charge in [0, 0.05) is 29.2 Å². The van der Waals surface area contributed by atoms with E-state index < -0.39 is 39.2 Å². The predicted molar refractivity (Wildman–Crippen MR) is 116 cm³/mol. The second-order valence-corrected chi connectivity index (χ2v) is 10.3. The summed E-state index contributed by atoms with van der Waals surface area (Å²) < 4.78 is 78.0. The standard InChI is InChI=1S/C19H17ClF3N3O5S2/c20-14-5-2-12(3-6-14)11-32(28)18-26-15-7-4-13(10-16(15)31-18)17(27)24-8-1-9-25-33(29,30)19(21,22)23/h2-7,10,25H,1,8-9,11H2,(H,24,27). The molecule has 14 heteroatoms. The number of carbonyl (C=O) groups excluding carboxylic acids is 1. The molecule has 1 heterocycles. The van der Waals surface area contributed by atoms with Crippen LogP contribution in [0.15, 0.2) is 52.1 Å². The molecule has 0 bridgehead atoms. The Morgan fingerprint density at radius 1 is 1.15 bits per heavy atom. The Morgan fingerprint density at radius 2 is 1.85 bits per heavy atom. The van der Waals surface area contributed by atoms with Gasteiger partial charge in [0.25, 0.3) is 5.91 Å². The number of alkyl halides is 3. The number of nitrogens with zero attached hydrogens (tertiary/aromatic N) is 1. The van der Waals surface area contributed by atoms with E-state index in [0.29, 0.717) is 10.5 Å². The maximum Gasteiger partial charge on any atom is 0.511 e.